The summed E-state index contributed by atoms with van der Waals surface area (Å²) in [6, 6.07) is 65.3. The molecule has 7 aromatic carbocycles. The molecule has 2 aliphatic rings. The fraction of sp³-hybridized carbons (Fsp3) is 0.0926. The zero-order valence-electron chi connectivity index (χ0n) is 31.5. The van der Waals surface area contributed by atoms with Crippen LogP contribution < -0.4 is 5.73 Å². The summed E-state index contributed by atoms with van der Waals surface area (Å²) >= 11 is 0. The molecular formula is C54H44N2. The summed E-state index contributed by atoms with van der Waals surface area (Å²) in [5, 5.41) is 0. The molecule has 0 amide bonds. The van der Waals surface area contributed by atoms with Gasteiger partial charge in [0.1, 0.15) is 5.84 Å². The Bertz CT molecular complexity index is 2590. The van der Waals surface area contributed by atoms with Crippen molar-refractivity contribution in [2.24, 2.45) is 10.7 Å². The van der Waals surface area contributed by atoms with Crippen LogP contribution in [0.15, 0.2) is 217 Å². The Kier molecular flexibility index (Phi) is 9.70. The molecule has 0 spiro atoms. The van der Waals surface area contributed by atoms with Crippen LogP contribution in [0.2, 0.25) is 0 Å². The van der Waals surface area contributed by atoms with Gasteiger partial charge in [0.25, 0.3) is 0 Å². The number of hydrogen-bond acceptors (Lipinski definition) is 1. The SMILES string of the molecule is NC(=NC(=CCc1ccccc1)c1ccc(-c2ccc(-c3cccc4c3-c3ccccc3C4(C3=CCCCC=C3)c3ccccc3)cc2)cc1)c1ccccc1. The summed E-state index contributed by atoms with van der Waals surface area (Å²) in [6.45, 7) is 0. The van der Waals surface area contributed by atoms with Crippen LogP contribution in [-0.2, 0) is 11.8 Å². The van der Waals surface area contributed by atoms with Crippen molar-refractivity contribution in [2.45, 2.75) is 31.1 Å². The molecule has 0 heterocycles. The zero-order valence-corrected chi connectivity index (χ0v) is 31.5. The van der Waals surface area contributed by atoms with Crippen molar-refractivity contribution in [3.05, 3.63) is 245 Å². The van der Waals surface area contributed by atoms with E-state index in [4.69, 9.17) is 10.7 Å². The second-order valence-electron chi connectivity index (χ2n) is 14.7. The largest absolute Gasteiger partial charge is 0.383 e. The van der Waals surface area contributed by atoms with E-state index in [1.165, 1.54) is 62.1 Å². The summed E-state index contributed by atoms with van der Waals surface area (Å²) in [7, 11) is 0. The van der Waals surface area contributed by atoms with Crippen molar-refractivity contribution in [3.63, 3.8) is 0 Å². The molecule has 0 radical (unpaired) electrons. The second kappa shape index (κ2) is 15.5. The summed E-state index contributed by atoms with van der Waals surface area (Å²) in [6.07, 6.45) is 13.5. The van der Waals surface area contributed by atoms with Gasteiger partial charge in [0.15, 0.2) is 0 Å². The molecule has 2 heteroatoms. The van der Waals surface area contributed by atoms with E-state index < -0.39 is 0 Å². The summed E-state index contributed by atoms with van der Waals surface area (Å²) in [4.78, 5) is 4.94. The topological polar surface area (TPSA) is 38.4 Å². The van der Waals surface area contributed by atoms with Gasteiger partial charge in [0, 0.05) is 5.56 Å². The van der Waals surface area contributed by atoms with Crippen molar-refractivity contribution in [2.75, 3.05) is 0 Å². The number of rotatable bonds is 9. The van der Waals surface area contributed by atoms with Gasteiger partial charge in [0.2, 0.25) is 0 Å². The molecule has 7 aromatic rings. The molecule has 1 unspecified atom stereocenters. The van der Waals surface area contributed by atoms with Crippen molar-refractivity contribution in [1.82, 2.24) is 0 Å². The van der Waals surface area contributed by atoms with Gasteiger partial charge in [-0.25, -0.2) is 4.99 Å². The predicted molar refractivity (Wildman–Crippen MR) is 235 cm³/mol. The Morgan fingerprint density at radius 3 is 1.91 bits per heavy atom. The maximum atomic E-state index is 6.54. The third-order valence-corrected chi connectivity index (χ3v) is 11.3. The van der Waals surface area contributed by atoms with E-state index >= 15 is 0 Å². The minimum absolute atomic E-state index is 0.379. The third kappa shape index (κ3) is 6.54. The van der Waals surface area contributed by atoms with Gasteiger partial charge in [-0.2, -0.15) is 0 Å². The Morgan fingerprint density at radius 1 is 0.554 bits per heavy atom. The highest BCUT2D eigenvalue weighted by molar-refractivity contribution is 6.00. The van der Waals surface area contributed by atoms with E-state index in [0.717, 1.165) is 41.6 Å². The van der Waals surface area contributed by atoms with Crippen LogP contribution >= 0.6 is 0 Å². The van der Waals surface area contributed by atoms with Crippen LogP contribution in [0.5, 0.6) is 0 Å². The molecule has 1 atom stereocenters. The first-order chi connectivity index (χ1) is 27.7. The molecule has 2 aliphatic carbocycles. The van der Waals surface area contributed by atoms with Gasteiger partial charge in [-0.3, -0.25) is 0 Å². The highest BCUT2D eigenvalue weighted by atomic mass is 14.9. The quantitative estimate of drug-likeness (QED) is 0.117. The minimum Gasteiger partial charge on any atom is -0.383 e. The van der Waals surface area contributed by atoms with Crippen molar-refractivity contribution >= 4 is 11.5 Å². The average molecular weight is 721 g/mol. The van der Waals surface area contributed by atoms with Crippen molar-refractivity contribution in [3.8, 4) is 33.4 Å². The smallest absolute Gasteiger partial charge is 0.131 e. The fourth-order valence-electron chi connectivity index (χ4n) is 8.63. The van der Waals surface area contributed by atoms with Crippen molar-refractivity contribution in [1.29, 1.82) is 0 Å². The molecule has 0 aromatic heterocycles. The molecular weight excluding hydrogens is 677 g/mol. The number of fused-ring (bicyclic) bond motifs is 3. The maximum absolute atomic E-state index is 6.54. The number of allylic oxidation sites excluding steroid dienone is 5. The van der Waals surface area contributed by atoms with E-state index in [2.05, 4.69) is 170 Å². The number of amidine groups is 1. The Labute approximate surface area is 330 Å². The normalized spacial score (nSPS) is 16.5. The number of benzene rings is 7. The molecule has 0 saturated carbocycles. The van der Waals surface area contributed by atoms with Crippen LogP contribution in [0.4, 0.5) is 0 Å². The third-order valence-electron chi connectivity index (χ3n) is 11.3. The van der Waals surface area contributed by atoms with Crippen LogP contribution in [0.3, 0.4) is 0 Å². The van der Waals surface area contributed by atoms with E-state index in [-0.39, 0.29) is 5.41 Å². The molecule has 9 rings (SSSR count). The van der Waals surface area contributed by atoms with Gasteiger partial charge in [-0.15, -0.1) is 0 Å². The fourth-order valence-corrected chi connectivity index (χ4v) is 8.63. The van der Waals surface area contributed by atoms with Crippen molar-refractivity contribution < 1.29 is 0 Å². The molecule has 0 bridgehead atoms. The van der Waals surface area contributed by atoms with E-state index in [0.29, 0.717) is 5.84 Å². The van der Waals surface area contributed by atoms with Crippen LogP contribution in [0.25, 0.3) is 39.1 Å². The van der Waals surface area contributed by atoms with E-state index in [1.54, 1.807) is 0 Å². The van der Waals surface area contributed by atoms with Crippen LogP contribution in [0.1, 0.15) is 52.6 Å². The van der Waals surface area contributed by atoms with E-state index in [9.17, 15) is 0 Å². The zero-order chi connectivity index (χ0) is 37.7. The number of hydrogen-bond donors (Lipinski definition) is 1. The minimum atomic E-state index is -0.379. The van der Waals surface area contributed by atoms with Gasteiger partial charge >= 0.3 is 0 Å². The first kappa shape index (κ1) is 35.0. The predicted octanol–water partition coefficient (Wildman–Crippen LogP) is 13.0. The standard InChI is InChI=1S/C54H44N2/c55-53(44-19-8-4-9-20-44)56-51(38-29-39-17-6-3-7-18-39)43-36-32-41(33-37-43)40-30-34-42(35-31-40)47-26-16-28-50-52(47)48-25-14-15-27-49(48)54(50,46-23-12-5-13-24-46)45-21-10-1-2-11-22-45/h3-10,12-28,30-38H,1-2,11,29H2,(H2,55,56). The Balaban J connectivity index is 1.07. The Morgan fingerprint density at radius 2 is 1.16 bits per heavy atom. The van der Waals surface area contributed by atoms with Crippen LogP contribution in [-0.4, -0.2) is 5.84 Å². The molecule has 0 aliphatic heterocycles. The Hall–Kier alpha value is -6.77. The molecule has 2 nitrogen and oxygen atoms in total. The second-order valence-corrected chi connectivity index (χ2v) is 14.7. The van der Waals surface area contributed by atoms with Gasteiger partial charge in [-0.05, 0) is 92.5 Å². The van der Waals surface area contributed by atoms with Crippen LogP contribution in [0, 0.1) is 0 Å². The number of nitrogens with two attached hydrogens (primary N) is 1. The van der Waals surface area contributed by atoms with Gasteiger partial charge < -0.3 is 5.73 Å². The molecule has 0 saturated heterocycles. The highest BCUT2D eigenvalue weighted by Gasteiger charge is 2.47. The summed E-state index contributed by atoms with van der Waals surface area (Å²) in [5.41, 5.74) is 23.0. The lowest BCUT2D eigenvalue weighted by atomic mass is 9.67. The number of nitrogens with zero attached hydrogens (tertiary/aromatic N) is 1. The first-order valence-electron chi connectivity index (χ1n) is 19.7. The lowest BCUT2D eigenvalue weighted by Crippen LogP contribution is -2.29. The monoisotopic (exact) mass is 720 g/mol. The highest BCUT2D eigenvalue weighted by Crippen LogP contribution is 2.59. The maximum Gasteiger partial charge on any atom is 0.131 e. The molecule has 270 valence electrons. The number of aliphatic imine (C=N–C) groups is 1. The lowest BCUT2D eigenvalue weighted by molar-refractivity contribution is 0.760. The lowest BCUT2D eigenvalue weighted by Gasteiger charge is -2.35. The summed E-state index contributed by atoms with van der Waals surface area (Å²) in [5.74, 6) is 0.503. The summed E-state index contributed by atoms with van der Waals surface area (Å²) < 4.78 is 0. The average Bonchev–Trinajstić information content (AvgIpc) is 3.36. The molecule has 2 N–H and O–H groups in total. The van der Waals surface area contributed by atoms with E-state index in [1.807, 2.05) is 36.4 Å². The van der Waals surface area contributed by atoms with Gasteiger partial charge in [0.05, 0.1) is 11.1 Å². The first-order valence-corrected chi connectivity index (χ1v) is 19.7. The molecule has 0 fully saturated rings. The van der Waals surface area contributed by atoms with Gasteiger partial charge in [-0.1, -0.05) is 206 Å². The molecule has 56 heavy (non-hydrogen) atoms.